The summed E-state index contributed by atoms with van der Waals surface area (Å²) in [5, 5.41) is 0.981. The van der Waals surface area contributed by atoms with Gasteiger partial charge in [-0.3, -0.25) is 9.59 Å². The smallest absolute Gasteiger partial charge is 0.299 e. The van der Waals surface area contributed by atoms with E-state index < -0.39 is 0 Å². The lowest BCUT2D eigenvalue weighted by Crippen LogP contribution is -2.31. The summed E-state index contributed by atoms with van der Waals surface area (Å²) in [5.74, 6) is -0.720. The molecule has 1 amide bonds. The average Bonchev–Trinajstić information content (AvgIpc) is 2.65. The summed E-state index contributed by atoms with van der Waals surface area (Å²) in [7, 11) is 0. The molecule has 2 rings (SSSR count). The van der Waals surface area contributed by atoms with Crippen LogP contribution in [0.1, 0.15) is 40.7 Å². The van der Waals surface area contributed by atoms with Gasteiger partial charge in [-0.2, -0.15) is 0 Å². The first-order valence-electron chi connectivity index (χ1n) is 6.60. The molecular weight excluding hydrogens is 306 g/mol. The second kappa shape index (κ2) is 5.87. The molecule has 0 radical (unpaired) electrons. The maximum absolute atomic E-state index is 12.1. The maximum Gasteiger partial charge on any atom is 0.299 e. The predicted octanol–water partition coefficient (Wildman–Crippen LogP) is 3.40. The van der Waals surface area contributed by atoms with Crippen LogP contribution in [0, 0.1) is 13.8 Å². The fraction of sp³-hybridized carbons (Fsp3) is 0.467. The monoisotopic (exact) mass is 323 g/mol. The zero-order valence-corrected chi connectivity index (χ0v) is 12.9. The number of nitrogens with zero attached hydrogens (tertiary/aromatic N) is 1. The average molecular weight is 324 g/mol. The van der Waals surface area contributed by atoms with Crippen molar-refractivity contribution in [3.8, 4) is 0 Å². The fourth-order valence-electron chi connectivity index (χ4n) is 2.52. The van der Waals surface area contributed by atoms with Crippen molar-refractivity contribution in [2.45, 2.75) is 33.1 Å². The van der Waals surface area contributed by atoms with E-state index in [2.05, 4.69) is 15.9 Å². The van der Waals surface area contributed by atoms with E-state index in [0.29, 0.717) is 12.1 Å². The van der Waals surface area contributed by atoms with Gasteiger partial charge in [-0.1, -0.05) is 34.5 Å². The molecule has 19 heavy (non-hydrogen) atoms. The van der Waals surface area contributed by atoms with E-state index in [9.17, 15) is 9.59 Å². The summed E-state index contributed by atoms with van der Waals surface area (Å²) < 4.78 is 0. The molecule has 0 saturated carbocycles. The first-order chi connectivity index (χ1) is 9.07. The largest absolute Gasteiger partial charge is 0.304 e. The second-order valence-electron chi connectivity index (χ2n) is 4.96. The lowest BCUT2D eigenvalue weighted by molar-refractivity contribution is -0.114. The molecular formula is C15H18BrNO2. The highest BCUT2D eigenvalue weighted by atomic mass is 79.9. The zero-order valence-electron chi connectivity index (χ0n) is 11.3. The highest BCUT2D eigenvalue weighted by molar-refractivity contribution is 9.09. The molecule has 0 aromatic heterocycles. The number of fused-ring (bicyclic) bond motifs is 1. The fourth-order valence-corrected chi connectivity index (χ4v) is 2.91. The highest BCUT2D eigenvalue weighted by Gasteiger charge is 2.37. The standard InChI is InChI=1S/C15H18BrNO2/c1-10-6-7-11(2)13-12(10)14(18)15(19)17(13)9-5-3-4-8-16/h6-7H,3-5,8-9H2,1-2H3. The number of amides is 1. The second-order valence-corrected chi connectivity index (χ2v) is 5.75. The van der Waals surface area contributed by atoms with Crippen LogP contribution in [0.25, 0.3) is 0 Å². The number of alkyl halides is 1. The molecule has 0 saturated heterocycles. The number of benzene rings is 1. The van der Waals surface area contributed by atoms with Crippen molar-refractivity contribution in [2.75, 3.05) is 16.8 Å². The molecule has 0 aliphatic carbocycles. The number of carbonyl (C=O) groups excluding carboxylic acids is 2. The van der Waals surface area contributed by atoms with E-state index in [0.717, 1.165) is 41.4 Å². The number of ketones is 1. The minimum absolute atomic E-state index is 0.350. The molecule has 102 valence electrons. The molecule has 0 unspecified atom stereocenters. The third-order valence-corrected chi connectivity index (χ3v) is 4.10. The Hall–Kier alpha value is -1.16. The van der Waals surface area contributed by atoms with Gasteiger partial charge >= 0.3 is 0 Å². The molecule has 1 aliphatic rings. The summed E-state index contributed by atoms with van der Waals surface area (Å²) >= 11 is 3.40. The lowest BCUT2D eigenvalue weighted by Gasteiger charge is -2.18. The zero-order chi connectivity index (χ0) is 14.0. The molecule has 0 atom stereocenters. The normalized spacial score (nSPS) is 14.2. The Labute approximate surface area is 122 Å². The van der Waals surface area contributed by atoms with Crippen LogP contribution in [0.2, 0.25) is 0 Å². The van der Waals surface area contributed by atoms with Crippen LogP contribution in [0.3, 0.4) is 0 Å². The molecule has 0 N–H and O–H groups in total. The summed E-state index contributed by atoms with van der Waals surface area (Å²) in [4.78, 5) is 25.8. The summed E-state index contributed by atoms with van der Waals surface area (Å²) in [5.41, 5.74) is 3.32. The highest BCUT2D eigenvalue weighted by Crippen LogP contribution is 2.34. The van der Waals surface area contributed by atoms with Gasteiger partial charge in [-0.15, -0.1) is 0 Å². The van der Waals surface area contributed by atoms with Gasteiger partial charge in [0.1, 0.15) is 0 Å². The first-order valence-corrected chi connectivity index (χ1v) is 7.72. The molecule has 1 aromatic carbocycles. The third kappa shape index (κ3) is 2.59. The maximum atomic E-state index is 12.1. The number of aryl methyl sites for hydroxylation is 2. The minimum atomic E-state index is -0.369. The van der Waals surface area contributed by atoms with Crippen LogP contribution in [0.4, 0.5) is 5.69 Å². The van der Waals surface area contributed by atoms with E-state index in [4.69, 9.17) is 0 Å². The SMILES string of the molecule is Cc1ccc(C)c2c1C(=O)C(=O)N2CCCCCBr. The summed E-state index contributed by atoms with van der Waals surface area (Å²) in [6, 6.07) is 3.89. The number of carbonyl (C=O) groups is 2. The Morgan fingerprint density at radius 3 is 2.42 bits per heavy atom. The van der Waals surface area contributed by atoms with Crippen LogP contribution in [-0.4, -0.2) is 23.6 Å². The number of hydrogen-bond acceptors (Lipinski definition) is 2. The number of unbranched alkanes of at least 4 members (excludes halogenated alkanes) is 2. The van der Waals surface area contributed by atoms with Crippen LogP contribution >= 0.6 is 15.9 Å². The summed E-state index contributed by atoms with van der Waals surface area (Å²) in [6.45, 7) is 4.47. The van der Waals surface area contributed by atoms with Crippen molar-refractivity contribution in [2.24, 2.45) is 0 Å². The van der Waals surface area contributed by atoms with Crippen molar-refractivity contribution in [3.63, 3.8) is 0 Å². The van der Waals surface area contributed by atoms with Crippen molar-refractivity contribution in [1.29, 1.82) is 0 Å². The van der Waals surface area contributed by atoms with Gasteiger partial charge < -0.3 is 4.90 Å². The predicted molar refractivity (Wildman–Crippen MR) is 80.2 cm³/mol. The molecule has 0 spiro atoms. The van der Waals surface area contributed by atoms with Crippen molar-refractivity contribution >= 4 is 33.3 Å². The minimum Gasteiger partial charge on any atom is -0.304 e. The molecule has 1 aliphatic heterocycles. The Morgan fingerprint density at radius 2 is 1.74 bits per heavy atom. The number of Topliss-reactive ketones (excluding diaryl/α,β-unsaturated/α-hetero) is 1. The van der Waals surface area contributed by atoms with Gasteiger partial charge in [0, 0.05) is 11.9 Å². The van der Waals surface area contributed by atoms with E-state index >= 15 is 0 Å². The molecule has 0 fully saturated rings. The number of anilines is 1. The Kier molecular flexibility index (Phi) is 4.40. The van der Waals surface area contributed by atoms with E-state index in [-0.39, 0.29) is 11.7 Å². The van der Waals surface area contributed by atoms with Crippen molar-refractivity contribution in [1.82, 2.24) is 0 Å². The van der Waals surface area contributed by atoms with Crippen LogP contribution in [0.5, 0.6) is 0 Å². The van der Waals surface area contributed by atoms with E-state index in [1.165, 1.54) is 0 Å². The molecule has 3 nitrogen and oxygen atoms in total. The van der Waals surface area contributed by atoms with Gasteiger partial charge in [0.05, 0.1) is 11.3 Å². The Bertz CT molecular complexity index is 525. The molecule has 4 heteroatoms. The Balaban J connectivity index is 2.26. The van der Waals surface area contributed by atoms with Gasteiger partial charge in [-0.25, -0.2) is 0 Å². The molecule has 1 aromatic rings. The van der Waals surface area contributed by atoms with Crippen molar-refractivity contribution in [3.05, 3.63) is 28.8 Å². The third-order valence-electron chi connectivity index (χ3n) is 3.54. The quantitative estimate of drug-likeness (QED) is 0.473. The first kappa shape index (κ1) is 14.3. The van der Waals surface area contributed by atoms with Crippen molar-refractivity contribution < 1.29 is 9.59 Å². The van der Waals surface area contributed by atoms with Crippen LogP contribution in [-0.2, 0) is 4.79 Å². The topological polar surface area (TPSA) is 37.4 Å². The summed E-state index contributed by atoms with van der Waals surface area (Å²) in [6.07, 6.45) is 3.08. The lowest BCUT2D eigenvalue weighted by atomic mass is 10.0. The van der Waals surface area contributed by atoms with Gasteiger partial charge in [-0.05, 0) is 37.8 Å². The molecule has 1 heterocycles. The van der Waals surface area contributed by atoms with Crippen LogP contribution < -0.4 is 4.90 Å². The molecule has 0 bridgehead atoms. The van der Waals surface area contributed by atoms with Gasteiger partial charge in [0.25, 0.3) is 11.7 Å². The van der Waals surface area contributed by atoms with Gasteiger partial charge in [0.2, 0.25) is 0 Å². The Morgan fingerprint density at radius 1 is 1.05 bits per heavy atom. The van der Waals surface area contributed by atoms with E-state index in [1.807, 2.05) is 26.0 Å². The van der Waals surface area contributed by atoms with E-state index in [1.54, 1.807) is 4.90 Å². The van der Waals surface area contributed by atoms with Gasteiger partial charge in [0.15, 0.2) is 0 Å². The number of halogens is 1. The van der Waals surface area contributed by atoms with Crippen LogP contribution in [0.15, 0.2) is 12.1 Å². The number of rotatable bonds is 5. The number of hydrogen-bond donors (Lipinski definition) is 0.